The van der Waals surface area contributed by atoms with E-state index in [2.05, 4.69) is 11.1 Å². The van der Waals surface area contributed by atoms with Crippen molar-refractivity contribution in [3.63, 3.8) is 0 Å². The van der Waals surface area contributed by atoms with Crippen molar-refractivity contribution >= 4 is 33.9 Å². The van der Waals surface area contributed by atoms with Crippen LogP contribution in [0, 0.1) is 23.1 Å². The van der Waals surface area contributed by atoms with E-state index in [9.17, 15) is 9.18 Å². The molecule has 4 rings (SSSR count). The second kappa shape index (κ2) is 8.32. The van der Waals surface area contributed by atoms with Crippen molar-refractivity contribution in [3.05, 3.63) is 47.2 Å². The number of benzene rings is 1. The molecule has 3 heterocycles. The zero-order valence-corrected chi connectivity index (χ0v) is 17.6. The third-order valence-corrected chi connectivity index (χ3v) is 6.44. The number of cyclic esters (lactones) is 1. The summed E-state index contributed by atoms with van der Waals surface area (Å²) in [7, 11) is 1.82. The highest BCUT2D eigenvalue weighted by atomic mass is 32.1. The second-order valence-corrected chi connectivity index (χ2v) is 8.33. The number of halogens is 1. The maximum Gasteiger partial charge on any atom is 0.416 e. The smallest absolute Gasteiger partial charge is 0.416 e. The molecule has 0 bridgehead atoms. The fraction of sp³-hybridized carbons (Fsp3) is 0.381. The van der Waals surface area contributed by atoms with Gasteiger partial charge in [-0.1, -0.05) is 12.5 Å². The first-order valence-electron chi connectivity index (χ1n) is 9.71. The Morgan fingerprint density at radius 2 is 2.27 bits per heavy atom. The van der Waals surface area contributed by atoms with Crippen LogP contribution in [0.3, 0.4) is 0 Å². The van der Waals surface area contributed by atoms with Gasteiger partial charge >= 0.3 is 6.09 Å². The lowest BCUT2D eigenvalue weighted by Gasteiger charge is -2.34. The van der Waals surface area contributed by atoms with Crippen LogP contribution < -0.4 is 14.7 Å². The Morgan fingerprint density at radius 1 is 1.43 bits per heavy atom. The Kier molecular flexibility index (Phi) is 5.59. The Hall–Kier alpha value is -3.12. The van der Waals surface area contributed by atoms with Gasteiger partial charge in [-0.2, -0.15) is 5.26 Å². The Labute approximate surface area is 178 Å². The van der Waals surface area contributed by atoms with E-state index in [-0.39, 0.29) is 18.3 Å². The molecule has 0 N–H and O–H groups in total. The molecule has 2 unspecified atom stereocenters. The monoisotopic (exact) mass is 427 g/mol. The topological polar surface area (TPSA) is 72.7 Å². The minimum atomic E-state index is -0.506. The second-order valence-electron chi connectivity index (χ2n) is 7.46. The molecule has 9 heteroatoms. The van der Waals surface area contributed by atoms with Crippen LogP contribution in [0.2, 0.25) is 0 Å². The first kappa shape index (κ1) is 20.2. The number of aromatic nitrogens is 1. The van der Waals surface area contributed by atoms with Gasteiger partial charge in [-0.15, -0.1) is 11.3 Å². The number of ether oxygens (including phenoxy) is 1. The number of carbonyl (C=O) groups is 1. The highest BCUT2D eigenvalue weighted by Crippen LogP contribution is 2.32. The number of nitriles is 1. The predicted molar refractivity (Wildman–Crippen MR) is 114 cm³/mol. The van der Waals surface area contributed by atoms with Crippen molar-refractivity contribution in [1.29, 1.82) is 5.26 Å². The standard InChI is InChI=1S/C21H22FN5O2S/c1-14-12-26(9-6-15(14)5-7-23)18-4-3-16(11-17(18)22)27-13-19(29-21(27)28)25(2)20-24-8-10-30-20/h3-5,8,10-11,14,19H,6,9,12-13H2,1-2H3/b15-5-. The van der Waals surface area contributed by atoms with E-state index >= 15 is 0 Å². The number of hydrogen-bond acceptors (Lipinski definition) is 7. The maximum atomic E-state index is 15.0. The van der Waals surface area contributed by atoms with E-state index in [4.69, 9.17) is 10.00 Å². The molecule has 1 amide bonds. The van der Waals surface area contributed by atoms with E-state index in [1.165, 1.54) is 22.3 Å². The summed E-state index contributed by atoms with van der Waals surface area (Å²) in [6, 6.07) is 6.93. The summed E-state index contributed by atoms with van der Waals surface area (Å²) >= 11 is 1.46. The largest absolute Gasteiger partial charge is 0.423 e. The number of amides is 1. The average Bonchev–Trinajstić information content (AvgIpc) is 3.39. The molecule has 2 aliphatic heterocycles. The lowest BCUT2D eigenvalue weighted by Crippen LogP contribution is -2.36. The number of anilines is 3. The average molecular weight is 428 g/mol. The van der Waals surface area contributed by atoms with E-state index in [0.29, 0.717) is 24.5 Å². The fourth-order valence-corrected chi connectivity index (χ4v) is 4.51. The molecule has 0 aliphatic carbocycles. The number of rotatable bonds is 4. The molecule has 0 radical (unpaired) electrons. The minimum Gasteiger partial charge on any atom is -0.423 e. The first-order valence-corrected chi connectivity index (χ1v) is 10.6. The maximum absolute atomic E-state index is 15.0. The molecule has 7 nitrogen and oxygen atoms in total. The number of piperidine rings is 1. The molecule has 2 fully saturated rings. The molecule has 2 saturated heterocycles. The molecule has 0 spiro atoms. The summed E-state index contributed by atoms with van der Waals surface area (Å²) in [4.78, 5) is 21.8. The SMILES string of the molecule is CC1CN(c2ccc(N3CC(N(C)c4nccs4)OC3=O)cc2F)CC/C1=C/C#N. The van der Waals surface area contributed by atoms with Gasteiger partial charge in [-0.05, 0) is 30.5 Å². The molecule has 156 valence electrons. The number of nitrogens with zero attached hydrogens (tertiary/aromatic N) is 5. The highest BCUT2D eigenvalue weighted by molar-refractivity contribution is 7.13. The Morgan fingerprint density at radius 3 is 2.93 bits per heavy atom. The van der Waals surface area contributed by atoms with Gasteiger partial charge in [-0.25, -0.2) is 14.2 Å². The number of likely N-dealkylation sites (N-methyl/N-ethyl adjacent to an activating group) is 1. The van der Waals surface area contributed by atoms with Crippen LogP contribution in [-0.2, 0) is 4.74 Å². The van der Waals surface area contributed by atoms with Gasteiger partial charge in [-0.3, -0.25) is 4.90 Å². The minimum absolute atomic E-state index is 0.188. The normalized spacial score (nSPS) is 22.9. The summed E-state index contributed by atoms with van der Waals surface area (Å²) in [5, 5.41) is 11.5. The van der Waals surface area contributed by atoms with Gasteiger partial charge in [0.25, 0.3) is 0 Å². The quantitative estimate of drug-likeness (QED) is 0.687. The highest BCUT2D eigenvalue weighted by Gasteiger charge is 2.36. The molecule has 0 saturated carbocycles. The van der Waals surface area contributed by atoms with Gasteiger partial charge in [0.15, 0.2) is 11.4 Å². The van der Waals surface area contributed by atoms with Crippen LogP contribution in [0.25, 0.3) is 0 Å². The van der Waals surface area contributed by atoms with E-state index in [0.717, 1.165) is 17.1 Å². The van der Waals surface area contributed by atoms with Crippen molar-refractivity contribution in [2.45, 2.75) is 19.6 Å². The summed E-state index contributed by atoms with van der Waals surface area (Å²) < 4.78 is 20.4. The zero-order chi connectivity index (χ0) is 21.3. The first-order chi connectivity index (χ1) is 14.5. The van der Waals surface area contributed by atoms with Crippen LogP contribution in [0.5, 0.6) is 0 Å². The van der Waals surface area contributed by atoms with Gasteiger partial charge in [0, 0.05) is 37.8 Å². The molecule has 2 aromatic rings. The number of thiazole rings is 1. The fourth-order valence-electron chi connectivity index (χ4n) is 3.86. The Balaban J connectivity index is 1.48. The van der Waals surface area contributed by atoms with Gasteiger partial charge in [0.1, 0.15) is 5.82 Å². The van der Waals surface area contributed by atoms with Crippen LogP contribution >= 0.6 is 11.3 Å². The summed E-state index contributed by atoms with van der Waals surface area (Å²) in [6.07, 6.45) is 3.03. The summed E-state index contributed by atoms with van der Waals surface area (Å²) in [5.74, 6) is -0.190. The molecule has 1 aromatic heterocycles. The lowest BCUT2D eigenvalue weighted by atomic mass is 9.92. The molecule has 2 aliphatic rings. The van der Waals surface area contributed by atoms with Gasteiger partial charge < -0.3 is 14.5 Å². The van der Waals surface area contributed by atoms with Crippen LogP contribution in [0.1, 0.15) is 13.3 Å². The predicted octanol–water partition coefficient (Wildman–Crippen LogP) is 4.00. The van der Waals surface area contributed by atoms with E-state index in [1.54, 1.807) is 29.3 Å². The zero-order valence-electron chi connectivity index (χ0n) is 16.8. The molecular formula is C21H22FN5O2S. The van der Waals surface area contributed by atoms with Crippen molar-refractivity contribution in [2.24, 2.45) is 5.92 Å². The third kappa shape index (κ3) is 3.83. The Bertz CT molecular complexity index is 1000. The third-order valence-electron chi connectivity index (χ3n) is 5.58. The number of carbonyl (C=O) groups excluding carboxylic acids is 1. The summed E-state index contributed by atoms with van der Waals surface area (Å²) in [6.45, 7) is 3.63. The van der Waals surface area contributed by atoms with Crippen LogP contribution in [0.4, 0.5) is 25.7 Å². The van der Waals surface area contributed by atoms with Crippen LogP contribution in [-0.4, -0.2) is 44.0 Å². The molecular weight excluding hydrogens is 405 g/mol. The van der Waals surface area contributed by atoms with E-state index in [1.807, 2.05) is 24.3 Å². The van der Waals surface area contributed by atoms with Gasteiger partial charge in [0.2, 0.25) is 0 Å². The van der Waals surface area contributed by atoms with Crippen molar-refractivity contribution in [1.82, 2.24) is 4.98 Å². The number of allylic oxidation sites excluding steroid dienone is 1. The molecule has 2 atom stereocenters. The van der Waals surface area contributed by atoms with Crippen molar-refractivity contribution in [3.8, 4) is 6.07 Å². The summed E-state index contributed by atoms with van der Waals surface area (Å²) in [5.41, 5.74) is 2.07. The van der Waals surface area contributed by atoms with Crippen molar-refractivity contribution < 1.29 is 13.9 Å². The van der Waals surface area contributed by atoms with E-state index < -0.39 is 12.3 Å². The molecule has 1 aromatic carbocycles. The van der Waals surface area contributed by atoms with Gasteiger partial charge in [0.05, 0.1) is 24.0 Å². The lowest BCUT2D eigenvalue weighted by molar-refractivity contribution is 0.141. The van der Waals surface area contributed by atoms with Crippen LogP contribution in [0.15, 0.2) is 41.4 Å². The van der Waals surface area contributed by atoms with Crippen molar-refractivity contribution in [2.75, 3.05) is 41.4 Å². The number of hydrogen-bond donors (Lipinski definition) is 0. The molecule has 30 heavy (non-hydrogen) atoms.